The highest BCUT2D eigenvalue weighted by Gasteiger charge is 2.14. The molecule has 164 valence electrons. The second kappa shape index (κ2) is 11.5. The molecule has 2 N–H and O–H groups in total. The van der Waals surface area contributed by atoms with E-state index < -0.39 is 0 Å². The average molecular weight is 440 g/mol. The van der Waals surface area contributed by atoms with E-state index in [-0.39, 0.29) is 5.56 Å². The van der Waals surface area contributed by atoms with Crippen LogP contribution in [0, 0.1) is 0 Å². The van der Waals surface area contributed by atoms with Gasteiger partial charge in [0.15, 0.2) is 5.11 Å². The van der Waals surface area contributed by atoms with E-state index in [2.05, 4.69) is 22.4 Å². The molecule has 0 saturated heterocycles. The zero-order valence-electron chi connectivity index (χ0n) is 18.0. The lowest BCUT2D eigenvalue weighted by Gasteiger charge is -2.26. The largest absolute Gasteiger partial charge is 0.494 e. The number of pyridine rings is 1. The van der Waals surface area contributed by atoms with Crippen molar-refractivity contribution in [3.63, 3.8) is 0 Å². The topological polar surface area (TPSA) is 66.6 Å². The molecule has 0 atom stereocenters. The molecule has 0 aliphatic carbocycles. The molecule has 0 bridgehead atoms. The van der Waals surface area contributed by atoms with Gasteiger partial charge in [-0.2, -0.15) is 0 Å². The Hall–Kier alpha value is -2.90. The summed E-state index contributed by atoms with van der Waals surface area (Å²) in [6.45, 7) is 4.92. The Bertz CT molecular complexity index is 1050. The molecular formula is C24H29N3O3S. The standard InChI is InChI=1S/C24H29N3O3S/c1-3-30-21-10-11-22-19(15-21)14-20(23(28)26-22)17-27(16-18-8-5-4-6-9-18)24(31)25-12-7-13-29-2/h4-6,8-11,14-15H,3,7,12-13,16-17H2,1-2H3,(H,25,31)(H,26,28). The highest BCUT2D eigenvalue weighted by Crippen LogP contribution is 2.20. The molecule has 3 rings (SSSR count). The van der Waals surface area contributed by atoms with E-state index >= 15 is 0 Å². The molecule has 1 heterocycles. The van der Waals surface area contributed by atoms with Crippen LogP contribution in [0.15, 0.2) is 59.4 Å². The van der Waals surface area contributed by atoms with Gasteiger partial charge in [0.2, 0.25) is 0 Å². The number of thiocarbonyl (C=S) groups is 1. The maximum Gasteiger partial charge on any atom is 0.253 e. The predicted molar refractivity (Wildman–Crippen MR) is 129 cm³/mol. The molecule has 7 heteroatoms. The summed E-state index contributed by atoms with van der Waals surface area (Å²) in [7, 11) is 1.68. The Labute approximate surface area is 188 Å². The summed E-state index contributed by atoms with van der Waals surface area (Å²) in [5, 5.41) is 4.83. The van der Waals surface area contributed by atoms with Crippen LogP contribution < -0.4 is 15.6 Å². The van der Waals surface area contributed by atoms with Crippen LogP contribution in [0.1, 0.15) is 24.5 Å². The van der Waals surface area contributed by atoms with Crippen LogP contribution in [-0.2, 0) is 17.8 Å². The van der Waals surface area contributed by atoms with Gasteiger partial charge in [-0.15, -0.1) is 0 Å². The van der Waals surface area contributed by atoms with Gasteiger partial charge in [-0.05, 0) is 55.4 Å². The van der Waals surface area contributed by atoms with Crippen molar-refractivity contribution in [3.8, 4) is 5.75 Å². The summed E-state index contributed by atoms with van der Waals surface area (Å²) >= 11 is 5.66. The minimum absolute atomic E-state index is 0.114. The third-order valence-corrected chi connectivity index (χ3v) is 5.27. The van der Waals surface area contributed by atoms with E-state index in [0.717, 1.165) is 28.6 Å². The normalized spacial score (nSPS) is 10.8. The van der Waals surface area contributed by atoms with Crippen LogP contribution in [0.2, 0.25) is 0 Å². The SMILES string of the molecule is CCOc1ccc2[nH]c(=O)c(CN(Cc3ccccc3)C(=S)NCCCOC)cc2c1. The van der Waals surface area contributed by atoms with E-state index in [1.165, 1.54) is 0 Å². The maximum atomic E-state index is 12.8. The number of aromatic nitrogens is 1. The Kier molecular flexibility index (Phi) is 8.44. The highest BCUT2D eigenvalue weighted by molar-refractivity contribution is 7.80. The molecule has 6 nitrogen and oxygen atoms in total. The second-order valence-electron chi connectivity index (χ2n) is 7.23. The number of nitrogens with zero attached hydrogens (tertiary/aromatic N) is 1. The number of H-pyrrole nitrogens is 1. The molecule has 0 spiro atoms. The van der Waals surface area contributed by atoms with Crippen LogP contribution in [0.4, 0.5) is 0 Å². The molecule has 0 radical (unpaired) electrons. The smallest absolute Gasteiger partial charge is 0.253 e. The van der Waals surface area contributed by atoms with E-state index in [1.54, 1.807) is 7.11 Å². The van der Waals surface area contributed by atoms with E-state index in [4.69, 9.17) is 21.7 Å². The molecule has 3 aromatic rings. The molecule has 0 aliphatic heterocycles. The highest BCUT2D eigenvalue weighted by atomic mass is 32.1. The van der Waals surface area contributed by atoms with Gasteiger partial charge in [0, 0.05) is 43.3 Å². The molecule has 31 heavy (non-hydrogen) atoms. The summed E-state index contributed by atoms with van der Waals surface area (Å²) in [5.41, 5.74) is 2.45. The van der Waals surface area contributed by atoms with Crippen LogP contribution >= 0.6 is 12.2 Å². The Morgan fingerprint density at radius 1 is 1.13 bits per heavy atom. The van der Waals surface area contributed by atoms with Crippen LogP contribution in [0.5, 0.6) is 5.75 Å². The lowest BCUT2D eigenvalue weighted by Crippen LogP contribution is -2.40. The van der Waals surface area contributed by atoms with Crippen molar-refractivity contribution in [1.29, 1.82) is 0 Å². The molecule has 1 aromatic heterocycles. The van der Waals surface area contributed by atoms with Crippen molar-refractivity contribution in [3.05, 3.63) is 76.1 Å². The van der Waals surface area contributed by atoms with Crippen molar-refractivity contribution in [1.82, 2.24) is 15.2 Å². The number of aromatic amines is 1. The van der Waals surface area contributed by atoms with Gasteiger partial charge >= 0.3 is 0 Å². The molecule has 0 saturated carbocycles. The van der Waals surface area contributed by atoms with E-state index in [9.17, 15) is 4.79 Å². The van der Waals surface area contributed by atoms with Gasteiger partial charge in [-0.25, -0.2) is 0 Å². The lowest BCUT2D eigenvalue weighted by atomic mass is 10.1. The number of methoxy groups -OCH3 is 1. The van der Waals surface area contributed by atoms with Crippen molar-refractivity contribution in [2.75, 3.05) is 26.9 Å². The first-order valence-corrected chi connectivity index (χ1v) is 10.9. The van der Waals surface area contributed by atoms with Crippen LogP contribution in [-0.4, -0.2) is 41.9 Å². The zero-order chi connectivity index (χ0) is 22.1. The first-order chi connectivity index (χ1) is 15.1. The van der Waals surface area contributed by atoms with Crippen molar-refractivity contribution in [2.45, 2.75) is 26.4 Å². The predicted octanol–water partition coefficient (Wildman–Crippen LogP) is 3.84. The average Bonchev–Trinajstić information content (AvgIpc) is 2.77. The summed E-state index contributed by atoms with van der Waals surface area (Å²) < 4.78 is 10.7. The van der Waals surface area contributed by atoms with Gasteiger partial charge < -0.3 is 24.7 Å². The fourth-order valence-electron chi connectivity index (χ4n) is 3.34. The fraction of sp³-hybridized carbons (Fsp3) is 0.333. The second-order valence-corrected chi connectivity index (χ2v) is 7.61. The van der Waals surface area contributed by atoms with Gasteiger partial charge in [0.05, 0.1) is 13.2 Å². The first-order valence-electron chi connectivity index (χ1n) is 10.4. The van der Waals surface area contributed by atoms with Crippen molar-refractivity contribution in [2.24, 2.45) is 0 Å². The van der Waals surface area contributed by atoms with Gasteiger partial charge in [-0.1, -0.05) is 30.3 Å². The van der Waals surface area contributed by atoms with Crippen molar-refractivity contribution >= 4 is 28.2 Å². The molecule has 2 aromatic carbocycles. The number of hydrogen-bond acceptors (Lipinski definition) is 4. The zero-order valence-corrected chi connectivity index (χ0v) is 18.8. The number of hydrogen-bond donors (Lipinski definition) is 2. The number of nitrogens with one attached hydrogen (secondary N) is 2. The third-order valence-electron chi connectivity index (χ3n) is 4.87. The van der Waals surface area contributed by atoms with Crippen LogP contribution in [0.25, 0.3) is 10.9 Å². The summed E-state index contributed by atoms with van der Waals surface area (Å²) in [6, 6.07) is 17.7. The Morgan fingerprint density at radius 2 is 1.94 bits per heavy atom. The Balaban J connectivity index is 1.84. The Morgan fingerprint density at radius 3 is 2.68 bits per heavy atom. The van der Waals surface area contributed by atoms with Gasteiger partial charge in [-0.3, -0.25) is 4.79 Å². The quantitative estimate of drug-likeness (QED) is 0.370. The van der Waals surface area contributed by atoms with Gasteiger partial charge in [0.25, 0.3) is 5.56 Å². The number of benzene rings is 2. The fourth-order valence-corrected chi connectivity index (χ4v) is 3.57. The molecular weight excluding hydrogens is 410 g/mol. The maximum absolute atomic E-state index is 12.8. The third kappa shape index (κ3) is 6.54. The van der Waals surface area contributed by atoms with E-state index in [1.807, 2.05) is 54.3 Å². The number of ether oxygens (including phenoxy) is 2. The number of rotatable bonds is 10. The van der Waals surface area contributed by atoms with Crippen molar-refractivity contribution < 1.29 is 9.47 Å². The molecule has 0 aliphatic rings. The minimum atomic E-state index is -0.114. The lowest BCUT2D eigenvalue weighted by molar-refractivity contribution is 0.195. The first kappa shape index (κ1) is 22.8. The van der Waals surface area contributed by atoms with Gasteiger partial charge in [0.1, 0.15) is 5.75 Å². The molecule has 0 unspecified atom stereocenters. The summed E-state index contributed by atoms with van der Waals surface area (Å²) in [5.74, 6) is 0.782. The number of fused-ring (bicyclic) bond motifs is 1. The summed E-state index contributed by atoms with van der Waals surface area (Å²) in [6.07, 6.45) is 0.854. The molecule has 0 fully saturated rings. The van der Waals surface area contributed by atoms with E-state index in [0.29, 0.717) is 43.5 Å². The monoisotopic (exact) mass is 439 g/mol. The van der Waals surface area contributed by atoms with Crippen LogP contribution in [0.3, 0.4) is 0 Å². The minimum Gasteiger partial charge on any atom is -0.494 e. The molecule has 0 amide bonds. The summed E-state index contributed by atoms with van der Waals surface area (Å²) in [4.78, 5) is 17.8.